The summed E-state index contributed by atoms with van der Waals surface area (Å²) in [5.74, 6) is -0.422. The minimum atomic E-state index is -0.354. The lowest BCUT2D eigenvalue weighted by atomic mass is 10.2. The minimum Gasteiger partial charge on any atom is -0.352 e. The molecule has 25 heavy (non-hydrogen) atoms. The highest BCUT2D eigenvalue weighted by molar-refractivity contribution is 9.10. The highest BCUT2D eigenvalue weighted by atomic mass is 79.9. The van der Waals surface area contributed by atoms with Crippen LogP contribution in [0.1, 0.15) is 22.3 Å². The third-order valence-corrected chi connectivity index (χ3v) is 4.60. The van der Waals surface area contributed by atoms with Crippen molar-refractivity contribution in [2.24, 2.45) is 0 Å². The van der Waals surface area contributed by atoms with E-state index in [9.17, 15) is 9.59 Å². The van der Waals surface area contributed by atoms with Gasteiger partial charge in [0.05, 0.1) is 0 Å². The molecule has 0 spiro atoms. The molecule has 132 valence electrons. The van der Waals surface area contributed by atoms with Gasteiger partial charge in [-0.25, -0.2) is 4.98 Å². The average molecular weight is 445 g/mol. The second kappa shape index (κ2) is 9.17. The molecule has 2 amide bonds. The molecule has 2 rings (SSSR count). The summed E-state index contributed by atoms with van der Waals surface area (Å²) < 4.78 is 0.953. The van der Waals surface area contributed by atoms with Gasteiger partial charge in [-0.15, -0.1) is 0 Å². The molecular weight excluding hydrogens is 429 g/mol. The van der Waals surface area contributed by atoms with Gasteiger partial charge in [0, 0.05) is 36.6 Å². The summed E-state index contributed by atoms with van der Waals surface area (Å²) in [6, 6.07) is 10.6. The number of halogens is 3. The van der Waals surface area contributed by atoms with Crippen LogP contribution in [-0.4, -0.2) is 35.3 Å². The second-order valence-electron chi connectivity index (χ2n) is 5.35. The van der Waals surface area contributed by atoms with Gasteiger partial charge in [0.15, 0.2) is 0 Å². The Bertz CT molecular complexity index is 766. The number of hydrogen-bond acceptors (Lipinski definition) is 3. The van der Waals surface area contributed by atoms with Crippen molar-refractivity contribution >= 4 is 50.9 Å². The monoisotopic (exact) mass is 443 g/mol. The van der Waals surface area contributed by atoms with Gasteiger partial charge >= 0.3 is 0 Å². The molecule has 0 aliphatic carbocycles. The van der Waals surface area contributed by atoms with Crippen LogP contribution in [0.4, 0.5) is 0 Å². The molecular formula is C17H16BrCl2N3O2. The first kappa shape index (κ1) is 19.7. The first-order chi connectivity index (χ1) is 11.9. The topological polar surface area (TPSA) is 62.3 Å². The van der Waals surface area contributed by atoms with E-state index in [1.54, 1.807) is 11.9 Å². The number of rotatable bonds is 6. The predicted octanol–water partition coefficient (Wildman–Crippen LogP) is 3.93. The van der Waals surface area contributed by atoms with Crippen molar-refractivity contribution < 1.29 is 9.59 Å². The summed E-state index contributed by atoms with van der Waals surface area (Å²) in [7, 11) is 1.73. The Morgan fingerprint density at radius 2 is 1.84 bits per heavy atom. The van der Waals surface area contributed by atoms with Gasteiger partial charge in [0.1, 0.15) is 10.3 Å². The molecule has 0 atom stereocenters. The van der Waals surface area contributed by atoms with Gasteiger partial charge in [-0.1, -0.05) is 57.3 Å². The van der Waals surface area contributed by atoms with Crippen molar-refractivity contribution in [3.05, 3.63) is 62.3 Å². The van der Waals surface area contributed by atoms with Crippen LogP contribution in [0.25, 0.3) is 0 Å². The van der Waals surface area contributed by atoms with E-state index in [-0.39, 0.29) is 35.1 Å². The maximum absolute atomic E-state index is 12.2. The van der Waals surface area contributed by atoms with Crippen LogP contribution in [0, 0.1) is 0 Å². The van der Waals surface area contributed by atoms with Gasteiger partial charge in [0.2, 0.25) is 5.91 Å². The summed E-state index contributed by atoms with van der Waals surface area (Å²) in [5, 5.41) is 2.95. The van der Waals surface area contributed by atoms with E-state index >= 15 is 0 Å². The quantitative estimate of drug-likeness (QED) is 0.686. The number of benzene rings is 1. The van der Waals surface area contributed by atoms with Gasteiger partial charge in [-0.05, 0) is 23.8 Å². The Hall–Kier alpha value is -1.63. The molecule has 8 heteroatoms. The van der Waals surface area contributed by atoms with Crippen LogP contribution < -0.4 is 5.32 Å². The number of nitrogens with zero attached hydrogens (tertiary/aromatic N) is 2. The highest BCUT2D eigenvalue weighted by Crippen LogP contribution is 2.17. The van der Waals surface area contributed by atoms with Gasteiger partial charge < -0.3 is 10.2 Å². The van der Waals surface area contributed by atoms with Gasteiger partial charge in [-0.2, -0.15) is 0 Å². The van der Waals surface area contributed by atoms with E-state index in [1.807, 2.05) is 24.3 Å². The van der Waals surface area contributed by atoms with Crippen molar-refractivity contribution in [1.82, 2.24) is 15.2 Å². The lowest BCUT2D eigenvalue weighted by Gasteiger charge is -2.18. The molecule has 0 saturated heterocycles. The SMILES string of the molecule is CN(Cc1ccccc1Br)C(=O)CCNC(=O)c1cc(Cl)nc(Cl)c1. The first-order valence-corrected chi connectivity index (χ1v) is 9.00. The summed E-state index contributed by atoms with van der Waals surface area (Å²) >= 11 is 15.0. The Balaban J connectivity index is 1.83. The molecule has 1 aromatic heterocycles. The zero-order chi connectivity index (χ0) is 18.4. The third-order valence-electron chi connectivity index (χ3n) is 3.44. The van der Waals surface area contributed by atoms with Crippen LogP contribution in [0.3, 0.4) is 0 Å². The van der Waals surface area contributed by atoms with Crippen molar-refractivity contribution in [3.8, 4) is 0 Å². The van der Waals surface area contributed by atoms with E-state index in [2.05, 4.69) is 26.2 Å². The van der Waals surface area contributed by atoms with E-state index < -0.39 is 0 Å². The van der Waals surface area contributed by atoms with Crippen LogP contribution >= 0.6 is 39.1 Å². The molecule has 0 fully saturated rings. The lowest BCUT2D eigenvalue weighted by Crippen LogP contribution is -2.32. The van der Waals surface area contributed by atoms with Crippen molar-refractivity contribution in [1.29, 1.82) is 0 Å². The molecule has 0 aliphatic rings. The van der Waals surface area contributed by atoms with E-state index in [4.69, 9.17) is 23.2 Å². The van der Waals surface area contributed by atoms with Crippen LogP contribution in [0.2, 0.25) is 10.3 Å². The van der Waals surface area contributed by atoms with E-state index in [0.29, 0.717) is 12.1 Å². The lowest BCUT2D eigenvalue weighted by molar-refractivity contribution is -0.130. The Morgan fingerprint density at radius 3 is 2.48 bits per heavy atom. The first-order valence-electron chi connectivity index (χ1n) is 7.45. The predicted molar refractivity (Wildman–Crippen MR) is 102 cm³/mol. The molecule has 0 unspecified atom stereocenters. The third kappa shape index (κ3) is 5.99. The largest absolute Gasteiger partial charge is 0.352 e. The molecule has 0 aliphatic heterocycles. The number of hydrogen-bond donors (Lipinski definition) is 1. The smallest absolute Gasteiger partial charge is 0.251 e. The standard InChI is InChI=1S/C17H16BrCl2N3O2/c1-23(10-11-4-2-3-5-13(11)18)16(24)6-7-21-17(25)12-8-14(19)22-15(20)9-12/h2-5,8-9H,6-7,10H2,1H3,(H,21,25). The second-order valence-corrected chi connectivity index (χ2v) is 6.98. The van der Waals surface area contributed by atoms with Crippen LogP contribution in [-0.2, 0) is 11.3 Å². The van der Waals surface area contributed by atoms with E-state index in [1.165, 1.54) is 12.1 Å². The normalized spacial score (nSPS) is 10.4. The molecule has 0 saturated carbocycles. The van der Waals surface area contributed by atoms with Crippen molar-refractivity contribution in [3.63, 3.8) is 0 Å². The molecule has 1 aromatic carbocycles. The Kier molecular flexibility index (Phi) is 7.23. The highest BCUT2D eigenvalue weighted by Gasteiger charge is 2.13. The minimum absolute atomic E-state index is 0.0677. The van der Waals surface area contributed by atoms with Crippen LogP contribution in [0.5, 0.6) is 0 Å². The van der Waals surface area contributed by atoms with Crippen molar-refractivity contribution in [2.45, 2.75) is 13.0 Å². The number of amides is 2. The fourth-order valence-electron chi connectivity index (χ4n) is 2.14. The zero-order valence-electron chi connectivity index (χ0n) is 13.4. The summed E-state index contributed by atoms with van der Waals surface area (Å²) in [6.45, 7) is 0.708. The number of pyridine rings is 1. The number of aromatic nitrogens is 1. The molecule has 2 aromatic rings. The molecule has 0 radical (unpaired) electrons. The van der Waals surface area contributed by atoms with Crippen LogP contribution in [0.15, 0.2) is 40.9 Å². The van der Waals surface area contributed by atoms with Gasteiger partial charge in [0.25, 0.3) is 5.91 Å². The maximum atomic E-state index is 12.2. The zero-order valence-corrected chi connectivity index (χ0v) is 16.5. The molecule has 1 heterocycles. The summed E-state index contributed by atoms with van der Waals surface area (Å²) in [4.78, 5) is 29.6. The fourth-order valence-corrected chi connectivity index (χ4v) is 3.01. The molecule has 5 nitrogen and oxygen atoms in total. The number of carbonyl (C=O) groups excluding carboxylic acids is 2. The molecule has 1 N–H and O–H groups in total. The maximum Gasteiger partial charge on any atom is 0.251 e. The summed E-state index contributed by atoms with van der Waals surface area (Å²) in [6.07, 6.45) is 0.194. The number of carbonyl (C=O) groups is 2. The number of nitrogens with one attached hydrogen (secondary N) is 1. The Labute approximate surface area is 164 Å². The average Bonchev–Trinajstić information content (AvgIpc) is 2.55. The summed E-state index contributed by atoms with van der Waals surface area (Å²) in [5.41, 5.74) is 1.32. The van der Waals surface area contributed by atoms with E-state index in [0.717, 1.165) is 10.0 Å². The fraction of sp³-hybridized carbons (Fsp3) is 0.235. The van der Waals surface area contributed by atoms with Gasteiger partial charge in [-0.3, -0.25) is 9.59 Å². The van der Waals surface area contributed by atoms with Crippen molar-refractivity contribution in [2.75, 3.05) is 13.6 Å². The molecule has 0 bridgehead atoms. The Morgan fingerprint density at radius 1 is 1.20 bits per heavy atom.